The summed E-state index contributed by atoms with van der Waals surface area (Å²) in [4.78, 5) is 11.6. The molecule has 0 heterocycles. The molecular formula is C17H22N2O. The summed E-state index contributed by atoms with van der Waals surface area (Å²) in [6.07, 6.45) is 0.964. The largest absolute Gasteiger partial charge is 0.355 e. The number of hydrogen-bond donors (Lipinski definition) is 2. The molecule has 0 spiro atoms. The molecule has 0 saturated carbocycles. The van der Waals surface area contributed by atoms with E-state index in [-0.39, 0.29) is 11.9 Å². The maximum atomic E-state index is 11.6. The van der Waals surface area contributed by atoms with E-state index in [1.54, 1.807) is 0 Å². The predicted octanol–water partition coefficient (Wildman–Crippen LogP) is 3.02. The van der Waals surface area contributed by atoms with E-state index in [0.717, 1.165) is 13.0 Å². The molecule has 3 nitrogen and oxygen atoms in total. The number of carbonyl (C=O) groups is 1. The van der Waals surface area contributed by atoms with Crippen LogP contribution < -0.4 is 10.6 Å². The van der Waals surface area contributed by atoms with E-state index >= 15 is 0 Å². The molecule has 0 aliphatic carbocycles. The van der Waals surface area contributed by atoms with E-state index in [1.165, 1.54) is 16.3 Å². The maximum Gasteiger partial charge on any atom is 0.233 e. The molecule has 2 rings (SSSR count). The molecule has 2 N–H and O–H groups in total. The maximum absolute atomic E-state index is 11.6. The summed E-state index contributed by atoms with van der Waals surface area (Å²) in [5.41, 5.74) is 1.20. The molecule has 1 atom stereocenters. The lowest BCUT2D eigenvalue weighted by atomic mass is 10.0. The average Bonchev–Trinajstić information content (AvgIpc) is 2.50. The minimum absolute atomic E-state index is 0.0551. The fourth-order valence-electron chi connectivity index (χ4n) is 2.17. The van der Waals surface area contributed by atoms with E-state index in [9.17, 15) is 4.79 Å². The third-order valence-electron chi connectivity index (χ3n) is 3.41. The zero-order valence-corrected chi connectivity index (χ0v) is 12.1. The molecule has 0 aliphatic rings. The van der Waals surface area contributed by atoms with Crippen molar-refractivity contribution in [3.05, 3.63) is 48.0 Å². The lowest BCUT2D eigenvalue weighted by molar-refractivity contribution is -0.120. The van der Waals surface area contributed by atoms with Crippen molar-refractivity contribution < 1.29 is 4.79 Å². The Kier molecular flexibility index (Phi) is 5.13. The minimum Gasteiger partial charge on any atom is -0.355 e. The molecule has 106 valence electrons. The van der Waals surface area contributed by atoms with Gasteiger partial charge in [-0.05, 0) is 35.7 Å². The van der Waals surface area contributed by atoms with Crippen molar-refractivity contribution >= 4 is 16.7 Å². The van der Waals surface area contributed by atoms with Crippen LogP contribution in [0, 0.1) is 0 Å². The van der Waals surface area contributed by atoms with Gasteiger partial charge in [-0.15, -0.1) is 0 Å². The molecule has 2 aromatic rings. The second kappa shape index (κ2) is 7.06. The third-order valence-corrected chi connectivity index (χ3v) is 3.41. The van der Waals surface area contributed by atoms with Crippen molar-refractivity contribution in [3.8, 4) is 0 Å². The summed E-state index contributed by atoms with van der Waals surface area (Å²) in [6.45, 7) is 5.22. The van der Waals surface area contributed by atoms with E-state index in [2.05, 4.69) is 47.9 Å². The van der Waals surface area contributed by atoms with E-state index in [4.69, 9.17) is 0 Å². The van der Waals surface area contributed by atoms with Gasteiger partial charge < -0.3 is 10.6 Å². The average molecular weight is 270 g/mol. The molecule has 0 aromatic heterocycles. The highest BCUT2D eigenvalue weighted by Gasteiger charge is 2.07. The summed E-state index contributed by atoms with van der Waals surface area (Å²) >= 11 is 0. The number of rotatable bonds is 6. The lowest BCUT2D eigenvalue weighted by Crippen LogP contribution is -2.35. The van der Waals surface area contributed by atoms with Crippen LogP contribution in [0.3, 0.4) is 0 Å². The van der Waals surface area contributed by atoms with Gasteiger partial charge in [-0.25, -0.2) is 0 Å². The Morgan fingerprint density at radius 2 is 1.90 bits per heavy atom. The molecule has 2 aromatic carbocycles. The van der Waals surface area contributed by atoms with Crippen molar-refractivity contribution in [3.63, 3.8) is 0 Å². The highest BCUT2D eigenvalue weighted by molar-refractivity contribution is 5.83. The number of carbonyl (C=O) groups excluding carboxylic acids is 1. The van der Waals surface area contributed by atoms with Crippen LogP contribution in [0.5, 0.6) is 0 Å². The van der Waals surface area contributed by atoms with Crippen LogP contribution in [0.15, 0.2) is 42.5 Å². The molecule has 0 radical (unpaired) electrons. The van der Waals surface area contributed by atoms with Gasteiger partial charge in [0.1, 0.15) is 0 Å². The molecule has 20 heavy (non-hydrogen) atoms. The summed E-state index contributed by atoms with van der Waals surface area (Å²) in [7, 11) is 0. The van der Waals surface area contributed by atoms with Gasteiger partial charge in [0.25, 0.3) is 0 Å². The van der Waals surface area contributed by atoms with Crippen molar-refractivity contribution in [2.45, 2.75) is 26.3 Å². The highest BCUT2D eigenvalue weighted by atomic mass is 16.1. The van der Waals surface area contributed by atoms with Crippen LogP contribution in [0.1, 0.15) is 31.9 Å². The molecule has 0 saturated heterocycles. The number of benzene rings is 2. The molecular weight excluding hydrogens is 248 g/mol. The van der Waals surface area contributed by atoms with E-state index in [0.29, 0.717) is 6.54 Å². The van der Waals surface area contributed by atoms with Crippen LogP contribution in [0.4, 0.5) is 0 Å². The Labute approximate surface area is 120 Å². The number of hydrogen-bond acceptors (Lipinski definition) is 2. The lowest BCUT2D eigenvalue weighted by Gasteiger charge is -2.15. The summed E-state index contributed by atoms with van der Waals surface area (Å²) in [5, 5.41) is 8.60. The van der Waals surface area contributed by atoms with Crippen molar-refractivity contribution in [2.75, 3.05) is 13.1 Å². The number of nitrogens with one attached hydrogen (secondary N) is 2. The summed E-state index contributed by atoms with van der Waals surface area (Å²) in [6, 6.07) is 14.9. The molecule has 0 fully saturated rings. The van der Waals surface area contributed by atoms with Gasteiger partial charge in [0.05, 0.1) is 6.54 Å². The normalized spacial score (nSPS) is 12.3. The Balaban J connectivity index is 1.97. The van der Waals surface area contributed by atoms with Gasteiger partial charge in [0.15, 0.2) is 0 Å². The Morgan fingerprint density at radius 3 is 2.65 bits per heavy atom. The van der Waals surface area contributed by atoms with Gasteiger partial charge >= 0.3 is 0 Å². The first-order valence-corrected chi connectivity index (χ1v) is 7.19. The van der Waals surface area contributed by atoms with E-state index < -0.39 is 0 Å². The zero-order valence-electron chi connectivity index (χ0n) is 12.1. The predicted molar refractivity (Wildman–Crippen MR) is 83.7 cm³/mol. The van der Waals surface area contributed by atoms with Gasteiger partial charge in [-0.2, -0.15) is 0 Å². The standard InChI is InChI=1S/C17H22N2O/c1-3-10-18-17(20)12-19-13(2)15-9-8-14-6-4-5-7-16(14)11-15/h4-9,11,13,19H,3,10,12H2,1-2H3,(H,18,20). The van der Waals surface area contributed by atoms with Crippen LogP contribution >= 0.6 is 0 Å². The first kappa shape index (κ1) is 14.5. The quantitative estimate of drug-likeness (QED) is 0.847. The SMILES string of the molecule is CCCNC(=O)CNC(C)c1ccc2ccccc2c1. The van der Waals surface area contributed by atoms with Crippen LogP contribution in [-0.2, 0) is 4.79 Å². The molecule has 0 aliphatic heterocycles. The van der Waals surface area contributed by atoms with Gasteiger partial charge in [-0.3, -0.25) is 4.79 Å². The molecule has 1 unspecified atom stereocenters. The second-order valence-corrected chi connectivity index (χ2v) is 5.06. The number of amides is 1. The van der Waals surface area contributed by atoms with Gasteiger partial charge in [0.2, 0.25) is 5.91 Å². The van der Waals surface area contributed by atoms with Crippen LogP contribution in [0.25, 0.3) is 10.8 Å². The Bertz CT molecular complexity index is 580. The van der Waals surface area contributed by atoms with E-state index in [1.807, 2.05) is 19.1 Å². The summed E-state index contributed by atoms with van der Waals surface area (Å²) in [5.74, 6) is 0.0551. The monoisotopic (exact) mass is 270 g/mol. The topological polar surface area (TPSA) is 41.1 Å². The fourth-order valence-corrected chi connectivity index (χ4v) is 2.17. The van der Waals surface area contributed by atoms with Crippen molar-refractivity contribution in [2.24, 2.45) is 0 Å². The fraction of sp³-hybridized carbons (Fsp3) is 0.353. The van der Waals surface area contributed by atoms with Crippen molar-refractivity contribution in [1.82, 2.24) is 10.6 Å². The molecule has 3 heteroatoms. The van der Waals surface area contributed by atoms with Gasteiger partial charge in [-0.1, -0.05) is 43.3 Å². The van der Waals surface area contributed by atoms with Crippen LogP contribution in [-0.4, -0.2) is 19.0 Å². The smallest absolute Gasteiger partial charge is 0.233 e. The van der Waals surface area contributed by atoms with Crippen LogP contribution in [0.2, 0.25) is 0 Å². The Morgan fingerprint density at radius 1 is 1.15 bits per heavy atom. The number of fused-ring (bicyclic) bond motifs is 1. The first-order chi connectivity index (χ1) is 9.70. The zero-order chi connectivity index (χ0) is 14.4. The third kappa shape index (κ3) is 3.81. The second-order valence-electron chi connectivity index (χ2n) is 5.06. The van der Waals surface area contributed by atoms with Gasteiger partial charge in [0, 0.05) is 12.6 Å². The first-order valence-electron chi connectivity index (χ1n) is 7.19. The molecule has 1 amide bonds. The summed E-state index contributed by atoms with van der Waals surface area (Å²) < 4.78 is 0. The van der Waals surface area contributed by atoms with Crippen molar-refractivity contribution in [1.29, 1.82) is 0 Å². The Hall–Kier alpha value is -1.87. The minimum atomic E-state index is 0.0551. The molecule has 0 bridgehead atoms. The highest BCUT2D eigenvalue weighted by Crippen LogP contribution is 2.19.